The Morgan fingerprint density at radius 3 is 1.55 bits per heavy atom. The van der Waals surface area contributed by atoms with Gasteiger partial charge in [0.15, 0.2) is 0 Å². The van der Waals surface area contributed by atoms with Gasteiger partial charge in [-0.25, -0.2) is 0 Å². The monoisotopic (exact) mass is 179 g/mol. The molecule has 0 aliphatic rings. The van der Waals surface area contributed by atoms with E-state index < -0.39 is 18.4 Å². The van der Waals surface area contributed by atoms with Crippen LogP contribution in [0.25, 0.3) is 0 Å². The van der Waals surface area contributed by atoms with Gasteiger partial charge in [0.2, 0.25) is 0 Å². The van der Waals surface area contributed by atoms with Gasteiger partial charge in [-0.3, -0.25) is 0 Å². The number of alkyl halides is 5. The van der Waals surface area contributed by atoms with Gasteiger partial charge in [0.25, 0.3) is 0 Å². The highest BCUT2D eigenvalue weighted by Gasteiger charge is 2.62. The van der Waals surface area contributed by atoms with E-state index in [1.54, 1.807) is 0 Å². The molecule has 11 heavy (non-hydrogen) atoms. The fourth-order valence-corrected chi connectivity index (χ4v) is 0.163. The van der Waals surface area contributed by atoms with Gasteiger partial charge in [0.05, 0.1) is 0 Å². The predicted molar refractivity (Wildman–Crippen MR) is 18.2 cm³/mol. The molecule has 1 radical (unpaired) electrons. The summed E-state index contributed by atoms with van der Waals surface area (Å²) in [6.07, 6.45) is -14.7. The lowest BCUT2D eigenvalue weighted by atomic mass is 10.6. The van der Waals surface area contributed by atoms with Crippen molar-refractivity contribution in [2.45, 2.75) is 12.3 Å². The topological polar surface area (TPSA) is 46.2 Å². The lowest BCUT2D eigenvalue weighted by Crippen LogP contribution is -2.40. The maximum Gasteiger partial charge on any atom is 0.555 e. The minimum atomic E-state index is -6.05. The molecular formula is C3F5O3. The Labute approximate surface area is 56.4 Å². The third-order valence-electron chi connectivity index (χ3n) is 0.542. The molecule has 0 aliphatic heterocycles. The molecule has 0 saturated heterocycles. The highest BCUT2D eigenvalue weighted by Crippen LogP contribution is 2.36. The molecule has 8 heteroatoms. The first-order valence-corrected chi connectivity index (χ1v) is 2.01. The fraction of sp³-hybridized carbons (Fsp3) is 0.667. The Morgan fingerprint density at radius 2 is 1.45 bits per heavy atom. The summed E-state index contributed by atoms with van der Waals surface area (Å²) in [5.41, 5.74) is 0. The molecule has 0 unspecified atom stereocenters. The first-order valence-electron chi connectivity index (χ1n) is 2.01. The molecular weight excluding hydrogens is 179 g/mol. The molecule has 0 fully saturated rings. The molecule has 0 aromatic heterocycles. The molecule has 0 atom stereocenters. The van der Waals surface area contributed by atoms with Crippen molar-refractivity contribution in [1.29, 1.82) is 0 Å². The van der Waals surface area contributed by atoms with Crippen molar-refractivity contribution in [3.05, 3.63) is 0 Å². The first-order chi connectivity index (χ1) is 4.67. The second-order valence-corrected chi connectivity index (χ2v) is 1.37. The third-order valence-corrected chi connectivity index (χ3v) is 0.542. The number of carbonyl (C=O) groups excluding carboxylic acids is 1. The molecule has 0 aliphatic carbocycles. The standard InChI is InChI=1S/C3F5O3/c4-2(5,6)3(7,8)11-1(9)10. The van der Waals surface area contributed by atoms with Crippen molar-refractivity contribution in [3.63, 3.8) is 0 Å². The van der Waals surface area contributed by atoms with Crippen molar-refractivity contribution < 1.29 is 36.6 Å². The van der Waals surface area contributed by atoms with Gasteiger partial charge < -0.3 is 4.74 Å². The van der Waals surface area contributed by atoms with Crippen LogP contribution < -0.4 is 0 Å². The van der Waals surface area contributed by atoms with Crippen molar-refractivity contribution in [1.82, 2.24) is 0 Å². The summed E-state index contributed by atoms with van der Waals surface area (Å²) in [6.45, 7) is 0. The number of rotatable bonds is 1. The largest absolute Gasteiger partial charge is 0.555 e. The number of hydrogen-bond acceptors (Lipinski definition) is 2. The van der Waals surface area contributed by atoms with Crippen LogP contribution in [0.1, 0.15) is 0 Å². The molecule has 0 heterocycles. The predicted octanol–water partition coefficient (Wildman–Crippen LogP) is 1.71. The van der Waals surface area contributed by atoms with Crippen molar-refractivity contribution in [3.8, 4) is 0 Å². The summed E-state index contributed by atoms with van der Waals surface area (Å²) in [4.78, 5) is 9.15. The summed E-state index contributed by atoms with van der Waals surface area (Å²) in [5.74, 6) is 0. The summed E-state index contributed by atoms with van der Waals surface area (Å²) < 4.78 is 58.1. The van der Waals surface area contributed by atoms with E-state index in [1.807, 2.05) is 0 Å². The van der Waals surface area contributed by atoms with Gasteiger partial charge in [-0.05, 0) is 0 Å². The maximum absolute atomic E-state index is 11.4. The zero-order valence-electron chi connectivity index (χ0n) is 4.61. The first kappa shape index (κ1) is 9.92. The normalized spacial score (nSPS) is 12.8. The van der Waals surface area contributed by atoms with Gasteiger partial charge in [0, 0.05) is 0 Å². The van der Waals surface area contributed by atoms with E-state index in [-0.39, 0.29) is 0 Å². The Bertz CT molecular complexity index is 161. The molecule has 3 nitrogen and oxygen atoms in total. The lowest BCUT2D eigenvalue weighted by Gasteiger charge is -2.15. The molecule has 0 saturated carbocycles. The fourth-order valence-electron chi connectivity index (χ4n) is 0.163. The van der Waals surface area contributed by atoms with Crippen LogP contribution in [0.2, 0.25) is 0 Å². The van der Waals surface area contributed by atoms with Crippen molar-refractivity contribution in [2.75, 3.05) is 0 Å². The number of hydrogen-bond donors (Lipinski definition) is 0. The zero-order chi connectivity index (χ0) is 9.28. The summed E-state index contributed by atoms with van der Waals surface area (Å²) in [6, 6.07) is 0. The average molecular weight is 179 g/mol. The van der Waals surface area contributed by atoms with E-state index in [9.17, 15) is 22.0 Å². The minimum absolute atomic E-state index is 2.15. The zero-order valence-corrected chi connectivity index (χ0v) is 4.61. The van der Waals surface area contributed by atoms with E-state index >= 15 is 0 Å². The summed E-state index contributed by atoms with van der Waals surface area (Å²) in [5, 5.41) is 9.15. The van der Waals surface area contributed by atoms with Gasteiger partial charge in [0.1, 0.15) is 0 Å². The molecule has 0 N–H and O–H groups in total. The third kappa shape index (κ3) is 2.56. The van der Waals surface area contributed by atoms with E-state index in [2.05, 4.69) is 4.74 Å². The van der Waals surface area contributed by atoms with Crippen LogP contribution in [0.15, 0.2) is 0 Å². The Hall–Kier alpha value is -1.08. The average Bonchev–Trinajstić information content (AvgIpc) is 1.56. The van der Waals surface area contributed by atoms with Gasteiger partial charge >= 0.3 is 18.4 Å². The summed E-state index contributed by atoms with van der Waals surface area (Å²) in [7, 11) is 0. The number of carbonyl (C=O) groups is 1. The molecule has 0 aromatic carbocycles. The molecule has 65 valence electrons. The Kier molecular flexibility index (Phi) is 2.27. The molecule has 0 spiro atoms. The quantitative estimate of drug-likeness (QED) is 0.454. The van der Waals surface area contributed by atoms with Crippen LogP contribution in [-0.4, -0.2) is 18.4 Å². The Balaban J connectivity index is 4.34. The SMILES string of the molecule is [O]C(=O)OC(F)(F)C(F)(F)F. The molecule has 0 bridgehead atoms. The number of ether oxygens (including phenoxy) is 1. The number of halogens is 5. The second-order valence-electron chi connectivity index (χ2n) is 1.37. The van der Waals surface area contributed by atoms with E-state index in [4.69, 9.17) is 9.90 Å². The van der Waals surface area contributed by atoms with Crippen LogP contribution in [-0.2, 0) is 9.84 Å². The highest BCUT2D eigenvalue weighted by atomic mass is 19.4. The van der Waals surface area contributed by atoms with Crippen LogP contribution in [0.4, 0.5) is 26.7 Å². The smallest absolute Gasteiger partial charge is 0.358 e. The highest BCUT2D eigenvalue weighted by molar-refractivity contribution is 5.56. The van der Waals surface area contributed by atoms with Crippen LogP contribution in [0.3, 0.4) is 0 Å². The van der Waals surface area contributed by atoms with E-state index in [1.165, 1.54) is 0 Å². The Morgan fingerprint density at radius 1 is 1.09 bits per heavy atom. The van der Waals surface area contributed by atoms with Gasteiger partial charge in [-0.1, -0.05) is 0 Å². The van der Waals surface area contributed by atoms with Gasteiger partial charge in [-0.15, -0.1) is 0 Å². The maximum atomic E-state index is 11.4. The lowest BCUT2D eigenvalue weighted by molar-refractivity contribution is -0.374. The van der Waals surface area contributed by atoms with Crippen LogP contribution in [0.5, 0.6) is 0 Å². The van der Waals surface area contributed by atoms with E-state index in [0.717, 1.165) is 0 Å². The molecule has 0 amide bonds. The van der Waals surface area contributed by atoms with Crippen molar-refractivity contribution in [2.24, 2.45) is 0 Å². The minimum Gasteiger partial charge on any atom is -0.358 e. The van der Waals surface area contributed by atoms with Crippen LogP contribution >= 0.6 is 0 Å². The summed E-state index contributed by atoms with van der Waals surface area (Å²) >= 11 is 0. The molecule has 0 aromatic rings. The van der Waals surface area contributed by atoms with Gasteiger partial charge in [-0.2, -0.15) is 31.9 Å². The van der Waals surface area contributed by atoms with E-state index in [0.29, 0.717) is 0 Å². The second kappa shape index (κ2) is 2.51. The van der Waals surface area contributed by atoms with Crippen molar-refractivity contribution >= 4 is 6.16 Å². The van der Waals surface area contributed by atoms with Crippen LogP contribution in [0, 0.1) is 0 Å². The molecule has 0 rings (SSSR count).